The molecule has 4 aromatic rings. The Hall–Kier alpha value is -3.69. The lowest BCUT2D eigenvalue weighted by Gasteiger charge is -2.35. The molecular weight excluding hydrogens is 460 g/mol. The molecule has 3 heterocycles. The van der Waals surface area contributed by atoms with Crippen molar-refractivity contribution >= 4 is 44.7 Å². The van der Waals surface area contributed by atoms with Crippen molar-refractivity contribution in [1.82, 2.24) is 20.1 Å². The van der Waals surface area contributed by atoms with E-state index in [0.717, 1.165) is 54.0 Å². The number of aryl methyl sites for hydroxylation is 1. The molecule has 0 bridgehead atoms. The van der Waals surface area contributed by atoms with Gasteiger partial charge in [0.1, 0.15) is 5.69 Å². The smallest absolute Gasteiger partial charge is 0.240 e. The molecule has 178 valence electrons. The highest BCUT2D eigenvalue weighted by molar-refractivity contribution is 7.17. The molecule has 0 aliphatic carbocycles. The van der Waals surface area contributed by atoms with Crippen LogP contribution < -0.4 is 10.2 Å². The summed E-state index contributed by atoms with van der Waals surface area (Å²) >= 11 is 1.22. The van der Waals surface area contributed by atoms with Crippen molar-refractivity contribution in [3.8, 4) is 11.3 Å². The fourth-order valence-corrected chi connectivity index (χ4v) is 5.27. The molecule has 0 unspecified atom stereocenters. The molecule has 1 fully saturated rings. The summed E-state index contributed by atoms with van der Waals surface area (Å²) in [6.07, 6.45) is 0. The van der Waals surface area contributed by atoms with Crippen molar-refractivity contribution in [2.24, 2.45) is 0 Å². The van der Waals surface area contributed by atoms with Crippen LogP contribution in [0, 0.1) is 6.92 Å². The molecule has 0 spiro atoms. The Labute approximate surface area is 207 Å². The molecule has 5 rings (SSSR count). The number of aromatic nitrogens is 3. The van der Waals surface area contributed by atoms with Crippen LogP contribution in [0.15, 0.2) is 54.6 Å². The molecule has 1 aliphatic heterocycles. The summed E-state index contributed by atoms with van der Waals surface area (Å²) in [5.74, 6) is 0.711. The quantitative estimate of drug-likeness (QED) is 0.412. The standard InChI is InChI=1S/C26H26N6O2S/c1-17-24(18(2)33)35-26(27-17)28-22(34)16-31-12-14-32(15-13-31)25-21-11-7-6-10-20(21)23(29-30-25)19-8-4-3-5-9-19/h3-11H,12-16H2,1-2H3,(H,27,28,34). The van der Waals surface area contributed by atoms with Crippen LogP contribution >= 0.6 is 11.3 Å². The first-order chi connectivity index (χ1) is 17.0. The summed E-state index contributed by atoms with van der Waals surface area (Å²) < 4.78 is 0. The summed E-state index contributed by atoms with van der Waals surface area (Å²) in [6.45, 7) is 6.54. The predicted molar refractivity (Wildman–Crippen MR) is 139 cm³/mol. The zero-order valence-electron chi connectivity index (χ0n) is 19.7. The van der Waals surface area contributed by atoms with E-state index in [4.69, 9.17) is 0 Å². The molecule has 1 saturated heterocycles. The topological polar surface area (TPSA) is 91.3 Å². The Morgan fingerprint density at radius 1 is 0.943 bits per heavy atom. The SMILES string of the molecule is CC(=O)c1sc(NC(=O)CN2CCN(c3nnc(-c4ccccc4)c4ccccc34)CC2)nc1C. The first-order valence-corrected chi connectivity index (χ1v) is 12.4. The van der Waals surface area contributed by atoms with Crippen molar-refractivity contribution in [3.63, 3.8) is 0 Å². The molecule has 2 aromatic heterocycles. The van der Waals surface area contributed by atoms with Gasteiger partial charge in [-0.25, -0.2) is 4.98 Å². The van der Waals surface area contributed by atoms with E-state index in [1.165, 1.54) is 18.3 Å². The molecule has 1 amide bonds. The molecule has 1 N–H and O–H groups in total. The van der Waals surface area contributed by atoms with E-state index in [9.17, 15) is 9.59 Å². The van der Waals surface area contributed by atoms with E-state index < -0.39 is 0 Å². The average molecular weight is 487 g/mol. The molecule has 0 radical (unpaired) electrons. The Balaban J connectivity index is 1.25. The predicted octanol–water partition coefficient (Wildman–Crippen LogP) is 4.03. The number of hydrogen-bond acceptors (Lipinski definition) is 8. The van der Waals surface area contributed by atoms with Gasteiger partial charge in [0.25, 0.3) is 0 Å². The highest BCUT2D eigenvalue weighted by atomic mass is 32.1. The summed E-state index contributed by atoms with van der Waals surface area (Å²) in [7, 11) is 0. The van der Waals surface area contributed by atoms with Gasteiger partial charge in [0.2, 0.25) is 5.91 Å². The Kier molecular flexibility index (Phi) is 6.52. The number of hydrogen-bond donors (Lipinski definition) is 1. The Bertz CT molecular complexity index is 1380. The third-order valence-corrected chi connectivity index (χ3v) is 7.29. The van der Waals surface area contributed by atoms with Crippen molar-refractivity contribution in [1.29, 1.82) is 0 Å². The van der Waals surface area contributed by atoms with Gasteiger partial charge in [0, 0.05) is 49.4 Å². The lowest BCUT2D eigenvalue weighted by Crippen LogP contribution is -2.49. The van der Waals surface area contributed by atoms with Crippen LogP contribution in [-0.2, 0) is 4.79 Å². The van der Waals surface area contributed by atoms with Crippen LogP contribution in [0.3, 0.4) is 0 Å². The highest BCUT2D eigenvalue weighted by Gasteiger charge is 2.23. The molecule has 1 aliphatic rings. The second kappa shape index (κ2) is 9.89. The van der Waals surface area contributed by atoms with E-state index in [2.05, 4.69) is 42.4 Å². The minimum Gasteiger partial charge on any atom is -0.352 e. The maximum absolute atomic E-state index is 12.6. The molecule has 8 nitrogen and oxygen atoms in total. The molecule has 0 saturated carbocycles. The number of nitrogens with one attached hydrogen (secondary N) is 1. The lowest BCUT2D eigenvalue weighted by molar-refractivity contribution is -0.117. The minimum atomic E-state index is -0.125. The maximum Gasteiger partial charge on any atom is 0.240 e. The van der Waals surface area contributed by atoms with E-state index in [0.29, 0.717) is 15.7 Å². The zero-order chi connectivity index (χ0) is 24.4. The van der Waals surface area contributed by atoms with Gasteiger partial charge in [0.15, 0.2) is 16.7 Å². The number of carbonyl (C=O) groups excluding carboxylic acids is 2. The summed E-state index contributed by atoms with van der Waals surface area (Å²) in [4.78, 5) is 33.4. The second-order valence-corrected chi connectivity index (χ2v) is 9.58. The number of amides is 1. The Morgan fingerprint density at radius 3 is 2.31 bits per heavy atom. The minimum absolute atomic E-state index is 0.0379. The summed E-state index contributed by atoms with van der Waals surface area (Å²) in [6, 6.07) is 18.3. The van der Waals surface area contributed by atoms with Gasteiger partial charge in [-0.2, -0.15) is 0 Å². The normalized spacial score (nSPS) is 14.3. The first kappa shape index (κ1) is 23.1. The lowest BCUT2D eigenvalue weighted by atomic mass is 10.0. The highest BCUT2D eigenvalue weighted by Crippen LogP contribution is 2.31. The van der Waals surface area contributed by atoms with Crippen LogP contribution in [0.1, 0.15) is 22.3 Å². The van der Waals surface area contributed by atoms with Crippen LogP contribution in [-0.4, -0.2) is 64.5 Å². The molecule has 0 atom stereocenters. The number of piperazine rings is 1. The van der Waals surface area contributed by atoms with Crippen molar-refractivity contribution < 1.29 is 9.59 Å². The molecule has 9 heteroatoms. The van der Waals surface area contributed by atoms with Crippen molar-refractivity contribution in [2.45, 2.75) is 13.8 Å². The molecular formula is C26H26N6O2S. The summed E-state index contributed by atoms with van der Waals surface area (Å²) in [5.41, 5.74) is 2.58. The van der Waals surface area contributed by atoms with Gasteiger partial charge in [-0.3, -0.25) is 14.5 Å². The second-order valence-electron chi connectivity index (χ2n) is 8.58. The van der Waals surface area contributed by atoms with Crippen molar-refractivity contribution in [3.05, 3.63) is 65.2 Å². The third-order valence-electron chi connectivity index (χ3n) is 6.12. The maximum atomic E-state index is 12.6. The van der Waals surface area contributed by atoms with Gasteiger partial charge < -0.3 is 10.2 Å². The average Bonchev–Trinajstić information content (AvgIpc) is 3.24. The van der Waals surface area contributed by atoms with Crippen molar-refractivity contribution in [2.75, 3.05) is 42.9 Å². The van der Waals surface area contributed by atoms with Gasteiger partial charge >= 0.3 is 0 Å². The first-order valence-electron chi connectivity index (χ1n) is 11.6. The van der Waals surface area contributed by atoms with E-state index in [1.54, 1.807) is 6.92 Å². The molecule has 2 aromatic carbocycles. The number of ketones is 1. The number of anilines is 2. The van der Waals surface area contributed by atoms with Gasteiger partial charge in [-0.1, -0.05) is 65.9 Å². The third kappa shape index (κ3) is 4.91. The monoisotopic (exact) mass is 486 g/mol. The zero-order valence-corrected chi connectivity index (χ0v) is 20.5. The van der Waals surface area contributed by atoms with Crippen LogP contribution in [0.4, 0.5) is 10.9 Å². The van der Waals surface area contributed by atoms with E-state index in [-0.39, 0.29) is 18.2 Å². The van der Waals surface area contributed by atoms with E-state index >= 15 is 0 Å². The fourth-order valence-electron chi connectivity index (χ4n) is 4.39. The fraction of sp³-hybridized carbons (Fsp3) is 0.269. The van der Waals surface area contributed by atoms with Gasteiger partial charge in [-0.15, -0.1) is 10.2 Å². The van der Waals surface area contributed by atoms with E-state index in [1.807, 2.05) is 42.5 Å². The number of carbonyl (C=O) groups is 2. The number of rotatable bonds is 6. The largest absolute Gasteiger partial charge is 0.352 e. The number of fused-ring (bicyclic) bond motifs is 1. The summed E-state index contributed by atoms with van der Waals surface area (Å²) in [5, 5.41) is 14.7. The van der Waals surface area contributed by atoms with Gasteiger partial charge in [0.05, 0.1) is 17.1 Å². The number of nitrogens with zero attached hydrogens (tertiary/aromatic N) is 5. The Morgan fingerprint density at radius 2 is 1.63 bits per heavy atom. The number of Topliss-reactive ketones (excluding diaryl/α,β-unsaturated/α-hetero) is 1. The van der Waals surface area contributed by atoms with Gasteiger partial charge in [-0.05, 0) is 6.92 Å². The van der Waals surface area contributed by atoms with Crippen LogP contribution in [0.5, 0.6) is 0 Å². The van der Waals surface area contributed by atoms with Crippen LogP contribution in [0.2, 0.25) is 0 Å². The van der Waals surface area contributed by atoms with Crippen LogP contribution in [0.25, 0.3) is 22.0 Å². The number of benzene rings is 2. The number of thiazole rings is 1. The molecule has 35 heavy (non-hydrogen) atoms.